The van der Waals surface area contributed by atoms with Gasteiger partial charge in [-0.25, -0.2) is 0 Å². The van der Waals surface area contributed by atoms with Gasteiger partial charge in [-0.1, -0.05) is 340 Å². The molecule has 0 bridgehead atoms. The van der Waals surface area contributed by atoms with E-state index in [0.717, 1.165) is 77.0 Å². The molecule has 452 valence electrons. The number of carbonyl (C=O) groups excluding carboxylic acids is 3. The predicted octanol–water partition coefficient (Wildman–Crippen LogP) is 23.6. The molecule has 0 saturated heterocycles. The molecule has 77 heavy (non-hydrogen) atoms. The highest BCUT2D eigenvalue weighted by Gasteiger charge is 2.19. The van der Waals surface area contributed by atoms with Gasteiger partial charge in [-0.2, -0.15) is 0 Å². The normalized spacial score (nSPS) is 12.2. The van der Waals surface area contributed by atoms with Crippen LogP contribution in [0.2, 0.25) is 0 Å². The summed E-state index contributed by atoms with van der Waals surface area (Å²) in [5.41, 5.74) is 0. The van der Waals surface area contributed by atoms with E-state index in [1.54, 1.807) is 0 Å². The van der Waals surface area contributed by atoms with E-state index in [1.165, 1.54) is 263 Å². The molecule has 0 N–H and O–H groups in total. The minimum atomic E-state index is -0.775. The first kappa shape index (κ1) is 74.6. The van der Waals surface area contributed by atoms with Gasteiger partial charge in [0.1, 0.15) is 13.2 Å². The molecule has 0 aromatic heterocycles. The molecule has 6 heteroatoms. The Balaban J connectivity index is 4.33. The average molecular weight is 1080 g/mol. The van der Waals surface area contributed by atoms with E-state index in [1.807, 2.05) is 0 Å². The third-order valence-electron chi connectivity index (χ3n) is 15.6. The molecular weight excluding hydrogens is 949 g/mol. The number of allylic oxidation sites excluding steroid dienone is 6. The summed E-state index contributed by atoms with van der Waals surface area (Å²) in [6, 6.07) is 0. The van der Waals surface area contributed by atoms with Crippen LogP contribution in [0.4, 0.5) is 0 Å². The lowest BCUT2D eigenvalue weighted by Crippen LogP contribution is -2.30. The summed E-state index contributed by atoms with van der Waals surface area (Å²) in [6.45, 7) is 6.68. The minimum absolute atomic E-state index is 0.0704. The molecule has 0 aromatic carbocycles. The van der Waals surface area contributed by atoms with Crippen molar-refractivity contribution in [3.63, 3.8) is 0 Å². The van der Waals surface area contributed by atoms with E-state index in [2.05, 4.69) is 57.2 Å². The fourth-order valence-electron chi connectivity index (χ4n) is 10.5. The molecule has 0 aliphatic rings. The zero-order valence-corrected chi connectivity index (χ0v) is 52.0. The second kappa shape index (κ2) is 66.1. The van der Waals surface area contributed by atoms with Gasteiger partial charge in [0.25, 0.3) is 0 Å². The summed E-state index contributed by atoms with van der Waals surface area (Å²) in [5.74, 6) is -0.852. The van der Waals surface area contributed by atoms with Crippen molar-refractivity contribution in [2.24, 2.45) is 0 Å². The molecule has 1 atom stereocenters. The van der Waals surface area contributed by atoms with Crippen LogP contribution in [0.1, 0.15) is 380 Å². The standard InChI is InChI=1S/C71H132O6/c1-4-7-10-13-16-19-22-25-28-31-34-37-40-43-46-49-52-55-58-61-64-70(73)76-67-68(66-75-69(72)63-60-57-54-51-48-45-42-39-36-33-30-27-24-21-18-15-12-9-6-3)77-71(74)65-62-59-56-53-50-47-44-41-38-35-32-29-26-23-20-17-14-11-8-5-2/h18,21,27,30,36,39,68H,4-17,19-20,22-26,28-29,31-35,37-38,40-67H2,1-3H3/b21-18-,30-27-,39-36-. The van der Waals surface area contributed by atoms with Crippen molar-refractivity contribution < 1.29 is 28.6 Å². The highest BCUT2D eigenvalue weighted by Crippen LogP contribution is 2.18. The lowest BCUT2D eigenvalue weighted by Gasteiger charge is -2.18. The summed E-state index contributed by atoms with van der Waals surface area (Å²) in [4.78, 5) is 38.4. The van der Waals surface area contributed by atoms with E-state index in [-0.39, 0.29) is 31.1 Å². The first-order valence-corrected chi connectivity index (χ1v) is 34.5. The Morgan fingerprint density at radius 3 is 0.753 bits per heavy atom. The third kappa shape index (κ3) is 64.3. The van der Waals surface area contributed by atoms with Gasteiger partial charge in [0, 0.05) is 19.3 Å². The topological polar surface area (TPSA) is 78.9 Å². The molecule has 0 aliphatic heterocycles. The number of hydrogen-bond acceptors (Lipinski definition) is 6. The van der Waals surface area contributed by atoms with Crippen LogP contribution in [0.25, 0.3) is 0 Å². The molecule has 0 heterocycles. The van der Waals surface area contributed by atoms with Crippen molar-refractivity contribution in [1.29, 1.82) is 0 Å². The molecule has 0 fully saturated rings. The predicted molar refractivity (Wildman–Crippen MR) is 335 cm³/mol. The second-order valence-corrected chi connectivity index (χ2v) is 23.5. The Kier molecular flexibility index (Phi) is 64.1. The van der Waals surface area contributed by atoms with Gasteiger partial charge < -0.3 is 14.2 Å². The lowest BCUT2D eigenvalue weighted by atomic mass is 10.0. The smallest absolute Gasteiger partial charge is 0.306 e. The van der Waals surface area contributed by atoms with Gasteiger partial charge in [-0.3, -0.25) is 14.4 Å². The molecule has 0 aromatic rings. The van der Waals surface area contributed by atoms with E-state index >= 15 is 0 Å². The van der Waals surface area contributed by atoms with Crippen molar-refractivity contribution in [3.8, 4) is 0 Å². The first-order chi connectivity index (χ1) is 38.0. The summed E-state index contributed by atoms with van der Waals surface area (Å²) in [7, 11) is 0. The molecular formula is C71H132O6. The summed E-state index contributed by atoms with van der Waals surface area (Å²) < 4.78 is 17.0. The summed E-state index contributed by atoms with van der Waals surface area (Å²) in [6.07, 6.45) is 81.6. The maximum absolute atomic E-state index is 13.0. The number of hydrogen-bond donors (Lipinski definition) is 0. The summed E-state index contributed by atoms with van der Waals surface area (Å²) >= 11 is 0. The van der Waals surface area contributed by atoms with Gasteiger partial charge in [0.2, 0.25) is 0 Å². The van der Waals surface area contributed by atoms with Crippen molar-refractivity contribution in [2.45, 2.75) is 386 Å². The Morgan fingerprint density at radius 2 is 0.468 bits per heavy atom. The minimum Gasteiger partial charge on any atom is -0.462 e. The van der Waals surface area contributed by atoms with Gasteiger partial charge in [-0.05, 0) is 57.8 Å². The number of ether oxygens (including phenoxy) is 3. The molecule has 0 radical (unpaired) electrons. The van der Waals surface area contributed by atoms with Crippen LogP contribution in [-0.2, 0) is 28.6 Å². The number of carbonyl (C=O) groups is 3. The average Bonchev–Trinajstić information content (AvgIpc) is 3.43. The van der Waals surface area contributed by atoms with Crippen LogP contribution >= 0.6 is 0 Å². The van der Waals surface area contributed by atoms with Crippen molar-refractivity contribution in [2.75, 3.05) is 13.2 Å². The van der Waals surface area contributed by atoms with Gasteiger partial charge in [-0.15, -0.1) is 0 Å². The number of rotatable bonds is 64. The van der Waals surface area contributed by atoms with E-state index in [0.29, 0.717) is 19.3 Å². The van der Waals surface area contributed by atoms with Crippen LogP contribution in [0.3, 0.4) is 0 Å². The van der Waals surface area contributed by atoms with Crippen LogP contribution in [0.15, 0.2) is 36.5 Å². The second-order valence-electron chi connectivity index (χ2n) is 23.5. The van der Waals surface area contributed by atoms with E-state index < -0.39 is 6.10 Å². The van der Waals surface area contributed by atoms with Gasteiger partial charge in [0.05, 0.1) is 0 Å². The van der Waals surface area contributed by atoms with E-state index in [9.17, 15) is 14.4 Å². The Bertz CT molecular complexity index is 1290. The van der Waals surface area contributed by atoms with Crippen molar-refractivity contribution in [1.82, 2.24) is 0 Å². The fourth-order valence-corrected chi connectivity index (χ4v) is 10.5. The monoisotopic (exact) mass is 1080 g/mol. The van der Waals surface area contributed by atoms with Crippen molar-refractivity contribution >= 4 is 17.9 Å². The molecule has 0 aliphatic carbocycles. The van der Waals surface area contributed by atoms with E-state index in [4.69, 9.17) is 14.2 Å². The Hall–Kier alpha value is -2.37. The molecule has 0 spiro atoms. The van der Waals surface area contributed by atoms with Gasteiger partial charge >= 0.3 is 17.9 Å². The van der Waals surface area contributed by atoms with Gasteiger partial charge in [0.15, 0.2) is 6.10 Å². The zero-order chi connectivity index (χ0) is 55.7. The fraction of sp³-hybridized carbons (Fsp3) is 0.873. The molecule has 0 saturated carbocycles. The lowest BCUT2D eigenvalue weighted by molar-refractivity contribution is -0.167. The third-order valence-corrected chi connectivity index (χ3v) is 15.6. The van der Waals surface area contributed by atoms with Crippen molar-refractivity contribution in [3.05, 3.63) is 36.5 Å². The van der Waals surface area contributed by atoms with Crippen LogP contribution in [-0.4, -0.2) is 37.2 Å². The highest BCUT2D eigenvalue weighted by atomic mass is 16.6. The maximum Gasteiger partial charge on any atom is 0.306 e. The highest BCUT2D eigenvalue weighted by molar-refractivity contribution is 5.71. The molecule has 1 unspecified atom stereocenters. The van der Waals surface area contributed by atoms with Crippen LogP contribution in [0.5, 0.6) is 0 Å². The summed E-state index contributed by atoms with van der Waals surface area (Å²) in [5, 5.41) is 0. The SMILES string of the molecule is CCCCC/C=C\C/C=C\C/C=C\CCCCCCCCC(=O)OCC(COC(=O)CCCCCCCCCCCCCCCCCCCCCC)OC(=O)CCCCCCCCCCCCCCCCCCCCCC. The molecule has 6 nitrogen and oxygen atoms in total. The molecule has 0 amide bonds. The van der Waals surface area contributed by atoms with Crippen LogP contribution in [0, 0.1) is 0 Å². The zero-order valence-electron chi connectivity index (χ0n) is 52.0. The first-order valence-electron chi connectivity index (χ1n) is 34.5. The van der Waals surface area contributed by atoms with Crippen LogP contribution < -0.4 is 0 Å². The Labute approximate surface area is 480 Å². The molecule has 0 rings (SSSR count). The maximum atomic E-state index is 13.0. The number of unbranched alkanes of at least 4 members (excludes halogenated alkanes) is 47. The quantitative estimate of drug-likeness (QED) is 0.0261. The largest absolute Gasteiger partial charge is 0.462 e. The Morgan fingerprint density at radius 1 is 0.260 bits per heavy atom. The number of esters is 3.